The van der Waals surface area contributed by atoms with Gasteiger partial charge in [0.05, 0.1) is 0 Å². The number of hydrogen-bond acceptors (Lipinski definition) is 4. The van der Waals surface area contributed by atoms with Gasteiger partial charge >= 0.3 is 6.03 Å². The van der Waals surface area contributed by atoms with E-state index in [1.54, 1.807) is 12.1 Å². The molecule has 0 aliphatic carbocycles. The number of nitrogens with zero attached hydrogens (tertiary/aromatic N) is 2. The van der Waals surface area contributed by atoms with E-state index in [4.69, 9.17) is 5.73 Å². The highest BCUT2D eigenvalue weighted by molar-refractivity contribution is 6.07. The summed E-state index contributed by atoms with van der Waals surface area (Å²) in [6.07, 6.45) is 0.611. The Morgan fingerprint density at radius 3 is 2.50 bits per heavy atom. The smallest absolute Gasteiger partial charge is 0.325 e. The fourth-order valence-electron chi connectivity index (χ4n) is 3.44. The summed E-state index contributed by atoms with van der Waals surface area (Å²) in [5.41, 5.74) is 5.95. The molecule has 7 heteroatoms. The van der Waals surface area contributed by atoms with Gasteiger partial charge in [-0.1, -0.05) is 12.1 Å². The molecule has 4 amide bonds. The van der Waals surface area contributed by atoms with Gasteiger partial charge in [0, 0.05) is 31.2 Å². The van der Waals surface area contributed by atoms with Crippen LogP contribution < -0.4 is 11.1 Å². The number of carbonyl (C=O) groups is 3. The number of benzene rings is 1. The Bertz CT molecular complexity index is 686. The minimum atomic E-state index is -0.797. The highest BCUT2D eigenvalue weighted by atomic mass is 16.2. The van der Waals surface area contributed by atoms with Crippen molar-refractivity contribution in [1.29, 1.82) is 0 Å². The first kappa shape index (κ1) is 16.4. The first-order chi connectivity index (χ1) is 11.3. The number of nitrogens with one attached hydrogen (secondary N) is 1. The standard InChI is InChI=1S/C17H22N4O3/c1-11(2)21-15(23)17(19-16(21)24)7-8-20(10-17)9-12-3-5-13(6-4-12)14(18)22/h3-6,11H,7-10H2,1-2H3,(H2,18,22)(H,19,24)/t17-/m0/s1. The van der Waals surface area contributed by atoms with Crippen molar-refractivity contribution in [1.82, 2.24) is 15.1 Å². The van der Waals surface area contributed by atoms with Crippen molar-refractivity contribution < 1.29 is 14.4 Å². The molecule has 1 atom stereocenters. The van der Waals surface area contributed by atoms with E-state index < -0.39 is 11.4 Å². The zero-order valence-electron chi connectivity index (χ0n) is 13.9. The third-order valence-corrected chi connectivity index (χ3v) is 4.70. The number of urea groups is 1. The molecular formula is C17H22N4O3. The first-order valence-corrected chi connectivity index (χ1v) is 8.09. The summed E-state index contributed by atoms with van der Waals surface area (Å²) in [5.74, 6) is -0.580. The average Bonchev–Trinajstić information content (AvgIpc) is 3.01. The Labute approximate surface area is 140 Å². The maximum Gasteiger partial charge on any atom is 0.325 e. The Morgan fingerprint density at radius 2 is 1.96 bits per heavy atom. The van der Waals surface area contributed by atoms with Gasteiger partial charge in [-0.3, -0.25) is 19.4 Å². The molecule has 2 aliphatic rings. The molecule has 2 heterocycles. The molecule has 1 aromatic carbocycles. The number of nitrogens with two attached hydrogens (primary N) is 1. The molecule has 3 rings (SSSR count). The molecule has 0 unspecified atom stereocenters. The molecule has 128 valence electrons. The number of rotatable bonds is 4. The van der Waals surface area contributed by atoms with Crippen molar-refractivity contribution in [2.75, 3.05) is 13.1 Å². The molecule has 3 N–H and O–H groups in total. The number of likely N-dealkylation sites (tertiary alicyclic amines) is 1. The van der Waals surface area contributed by atoms with Gasteiger partial charge in [-0.2, -0.15) is 0 Å². The van der Waals surface area contributed by atoms with Crippen molar-refractivity contribution in [2.45, 2.75) is 38.4 Å². The molecule has 2 aliphatic heterocycles. The van der Waals surface area contributed by atoms with Gasteiger partial charge in [-0.25, -0.2) is 4.79 Å². The summed E-state index contributed by atoms with van der Waals surface area (Å²) in [4.78, 5) is 39.3. The van der Waals surface area contributed by atoms with Gasteiger partial charge < -0.3 is 11.1 Å². The van der Waals surface area contributed by atoms with E-state index in [9.17, 15) is 14.4 Å². The molecule has 0 radical (unpaired) electrons. The van der Waals surface area contributed by atoms with Gasteiger partial charge in [-0.05, 0) is 38.0 Å². The lowest BCUT2D eigenvalue weighted by molar-refractivity contribution is -0.132. The average molecular weight is 330 g/mol. The van der Waals surface area contributed by atoms with Crippen LogP contribution in [-0.4, -0.2) is 52.3 Å². The number of carbonyl (C=O) groups excluding carboxylic acids is 3. The minimum absolute atomic E-state index is 0.130. The van der Waals surface area contributed by atoms with Crippen LogP contribution in [-0.2, 0) is 11.3 Å². The molecule has 2 saturated heterocycles. The lowest BCUT2D eigenvalue weighted by Crippen LogP contribution is -2.49. The molecule has 0 bridgehead atoms. The molecule has 0 aromatic heterocycles. The Morgan fingerprint density at radius 1 is 1.29 bits per heavy atom. The van der Waals surface area contributed by atoms with Gasteiger partial charge in [0.1, 0.15) is 5.54 Å². The van der Waals surface area contributed by atoms with Crippen LogP contribution in [0.1, 0.15) is 36.2 Å². The summed E-state index contributed by atoms with van der Waals surface area (Å²) in [6.45, 7) is 5.56. The van der Waals surface area contributed by atoms with Crippen LogP contribution in [0, 0.1) is 0 Å². The zero-order chi connectivity index (χ0) is 17.5. The van der Waals surface area contributed by atoms with Crippen LogP contribution in [0.4, 0.5) is 4.79 Å². The summed E-state index contributed by atoms with van der Waals surface area (Å²) in [6, 6.07) is 6.68. The fourth-order valence-corrected chi connectivity index (χ4v) is 3.44. The van der Waals surface area contributed by atoms with Gasteiger partial charge in [0.2, 0.25) is 5.91 Å². The monoisotopic (exact) mass is 330 g/mol. The van der Waals surface area contributed by atoms with Crippen molar-refractivity contribution in [3.63, 3.8) is 0 Å². The first-order valence-electron chi connectivity index (χ1n) is 8.09. The summed E-state index contributed by atoms with van der Waals surface area (Å²) < 4.78 is 0. The number of amides is 4. The van der Waals surface area contributed by atoms with Crippen LogP contribution in [0.15, 0.2) is 24.3 Å². The largest absolute Gasteiger partial charge is 0.366 e. The maximum atomic E-state index is 12.7. The van der Waals surface area contributed by atoms with E-state index in [0.29, 0.717) is 25.1 Å². The molecule has 1 aromatic rings. The Hall–Kier alpha value is -2.41. The van der Waals surface area contributed by atoms with E-state index in [1.165, 1.54) is 4.90 Å². The van der Waals surface area contributed by atoms with E-state index in [0.717, 1.165) is 12.1 Å². The van der Waals surface area contributed by atoms with Crippen LogP contribution >= 0.6 is 0 Å². The van der Waals surface area contributed by atoms with Crippen molar-refractivity contribution in [2.24, 2.45) is 5.73 Å². The van der Waals surface area contributed by atoms with Crippen LogP contribution in [0.3, 0.4) is 0 Å². The van der Waals surface area contributed by atoms with Gasteiger partial charge in [0.15, 0.2) is 0 Å². The predicted octanol–water partition coefficient (Wildman–Crippen LogP) is 0.690. The van der Waals surface area contributed by atoms with Gasteiger partial charge in [-0.15, -0.1) is 0 Å². The lowest BCUT2D eigenvalue weighted by Gasteiger charge is -2.23. The Balaban J connectivity index is 1.68. The lowest BCUT2D eigenvalue weighted by atomic mass is 9.98. The topological polar surface area (TPSA) is 95.7 Å². The second-order valence-corrected chi connectivity index (χ2v) is 6.80. The highest BCUT2D eigenvalue weighted by Gasteiger charge is 2.55. The summed E-state index contributed by atoms with van der Waals surface area (Å²) in [7, 11) is 0. The van der Waals surface area contributed by atoms with E-state index >= 15 is 0 Å². The third-order valence-electron chi connectivity index (χ3n) is 4.70. The molecule has 1 spiro atoms. The van der Waals surface area contributed by atoms with Crippen molar-refractivity contribution in [3.8, 4) is 0 Å². The van der Waals surface area contributed by atoms with E-state index in [1.807, 2.05) is 26.0 Å². The summed E-state index contributed by atoms with van der Waals surface area (Å²) in [5, 5.41) is 2.88. The van der Waals surface area contributed by atoms with Crippen LogP contribution in [0.25, 0.3) is 0 Å². The SMILES string of the molecule is CC(C)N1C(=O)N[C@]2(CCN(Cc3ccc(C(N)=O)cc3)C2)C1=O. The second-order valence-electron chi connectivity index (χ2n) is 6.80. The minimum Gasteiger partial charge on any atom is -0.366 e. The molecular weight excluding hydrogens is 308 g/mol. The molecule has 24 heavy (non-hydrogen) atoms. The maximum absolute atomic E-state index is 12.7. The van der Waals surface area contributed by atoms with Crippen molar-refractivity contribution in [3.05, 3.63) is 35.4 Å². The van der Waals surface area contributed by atoms with Crippen LogP contribution in [0.5, 0.6) is 0 Å². The third kappa shape index (κ3) is 2.75. The zero-order valence-corrected chi connectivity index (χ0v) is 13.9. The summed E-state index contributed by atoms with van der Waals surface area (Å²) >= 11 is 0. The molecule has 0 saturated carbocycles. The normalized spacial score (nSPS) is 24.2. The predicted molar refractivity (Wildman–Crippen MR) is 88.1 cm³/mol. The van der Waals surface area contributed by atoms with E-state index in [-0.39, 0.29) is 18.0 Å². The number of hydrogen-bond donors (Lipinski definition) is 2. The fraction of sp³-hybridized carbons (Fsp3) is 0.471. The number of primary amides is 1. The molecule has 7 nitrogen and oxygen atoms in total. The Kier molecular flexibility index (Phi) is 4.04. The van der Waals surface area contributed by atoms with Gasteiger partial charge in [0.25, 0.3) is 5.91 Å². The number of imide groups is 1. The highest BCUT2D eigenvalue weighted by Crippen LogP contribution is 2.30. The molecule has 2 fully saturated rings. The quantitative estimate of drug-likeness (QED) is 0.794. The second kappa shape index (κ2) is 5.90. The van der Waals surface area contributed by atoms with Crippen LogP contribution in [0.2, 0.25) is 0 Å². The van der Waals surface area contributed by atoms with E-state index in [2.05, 4.69) is 10.2 Å². The van der Waals surface area contributed by atoms with Crippen molar-refractivity contribution >= 4 is 17.8 Å².